The third kappa shape index (κ3) is 6.99. The van der Waals surface area contributed by atoms with Gasteiger partial charge in [0.1, 0.15) is 17.8 Å². The summed E-state index contributed by atoms with van der Waals surface area (Å²) >= 11 is 0. The number of sulfonamides is 1. The van der Waals surface area contributed by atoms with E-state index < -0.39 is 56.7 Å². The van der Waals surface area contributed by atoms with E-state index in [1.54, 1.807) is 11.0 Å². The van der Waals surface area contributed by atoms with Crippen LogP contribution in [0.15, 0.2) is 31.2 Å². The molecule has 306 valence electrons. The standard InChI is InChI=1S/C42H60N6O7S/c1-7-28-20-40(28,37(53)47-56(54,55)24-26-14-15-26)22-31(49)30-21-42(39(5,6)41(42)16-11-17-41)25-48(30)36(52)33(38(2,3)4)46-35(51)32(27-12-9-8-10-13-27)45-34(50)29-23-43-18-19-44-29/h7,18-19,23,26-28,30,32-33H,1,8-17,20-22,24-25H2,2-6H3,(H,45,50)(H,46,51)(H,47,53)/t28-,30+,32?,33-,40-,42-/m1/s1. The fourth-order valence-corrected chi connectivity index (χ4v) is 12.7. The Hall–Kier alpha value is -3.68. The molecule has 1 aliphatic heterocycles. The first-order valence-electron chi connectivity index (χ1n) is 20.7. The average Bonchev–Trinajstić information content (AvgIpc) is 4.07. The first-order valence-corrected chi connectivity index (χ1v) is 22.3. The lowest BCUT2D eigenvalue weighted by molar-refractivity contribution is -0.144. The number of allylic oxidation sites excluding steroid dienone is 1. The Morgan fingerprint density at radius 3 is 2.20 bits per heavy atom. The zero-order valence-corrected chi connectivity index (χ0v) is 34.5. The summed E-state index contributed by atoms with van der Waals surface area (Å²) in [5, 5.41) is 5.99. The van der Waals surface area contributed by atoms with Crippen LogP contribution in [0.1, 0.15) is 129 Å². The van der Waals surface area contributed by atoms with Crippen molar-refractivity contribution in [2.45, 2.75) is 136 Å². The van der Waals surface area contributed by atoms with E-state index in [1.165, 1.54) is 18.6 Å². The van der Waals surface area contributed by atoms with Crippen LogP contribution in [0.4, 0.5) is 0 Å². The van der Waals surface area contributed by atoms with Crippen molar-refractivity contribution in [2.75, 3.05) is 12.3 Å². The molecule has 5 saturated carbocycles. The van der Waals surface area contributed by atoms with Gasteiger partial charge in [-0.15, -0.1) is 6.58 Å². The molecule has 1 aromatic rings. The molecular formula is C42H60N6O7S. The van der Waals surface area contributed by atoms with Crippen LogP contribution in [0.5, 0.6) is 0 Å². The van der Waals surface area contributed by atoms with Crippen LogP contribution < -0.4 is 15.4 Å². The Morgan fingerprint density at radius 2 is 1.66 bits per heavy atom. The minimum absolute atomic E-state index is 0.0000889. The molecule has 1 saturated heterocycles. The summed E-state index contributed by atoms with van der Waals surface area (Å²) < 4.78 is 28.1. The molecule has 7 rings (SSSR count). The van der Waals surface area contributed by atoms with E-state index >= 15 is 4.79 Å². The minimum atomic E-state index is -3.87. The number of amides is 4. The molecule has 1 unspecified atom stereocenters. The van der Waals surface area contributed by atoms with Crippen molar-refractivity contribution in [1.82, 2.24) is 30.2 Å². The number of ketones is 1. The molecule has 6 atom stereocenters. The molecule has 5 aliphatic carbocycles. The Morgan fingerprint density at radius 1 is 0.964 bits per heavy atom. The fourth-order valence-electron chi connectivity index (χ4n) is 11.2. The highest BCUT2D eigenvalue weighted by Gasteiger charge is 2.85. The number of nitrogens with zero attached hydrogens (tertiary/aromatic N) is 3. The van der Waals surface area contributed by atoms with Crippen LogP contribution in [0.25, 0.3) is 0 Å². The highest BCUT2D eigenvalue weighted by Crippen LogP contribution is 2.88. The summed E-state index contributed by atoms with van der Waals surface area (Å²) in [4.78, 5) is 81.2. The summed E-state index contributed by atoms with van der Waals surface area (Å²) in [6.45, 7) is 14.3. The van der Waals surface area contributed by atoms with Gasteiger partial charge in [0.15, 0.2) is 5.78 Å². The maximum absolute atomic E-state index is 15.1. The first-order chi connectivity index (χ1) is 26.3. The van der Waals surface area contributed by atoms with Crippen LogP contribution in [-0.2, 0) is 29.2 Å². The zero-order valence-electron chi connectivity index (χ0n) is 33.7. The Bertz CT molecular complexity index is 1880. The van der Waals surface area contributed by atoms with Crippen molar-refractivity contribution < 1.29 is 32.4 Å². The predicted octanol–water partition coefficient (Wildman–Crippen LogP) is 4.49. The molecule has 6 aliphatic rings. The van der Waals surface area contributed by atoms with Crippen molar-refractivity contribution >= 4 is 39.4 Å². The van der Waals surface area contributed by atoms with Gasteiger partial charge in [0.05, 0.1) is 23.4 Å². The lowest BCUT2D eigenvalue weighted by Crippen LogP contribution is -2.61. The third-order valence-electron chi connectivity index (χ3n) is 15.1. The maximum atomic E-state index is 15.1. The van der Waals surface area contributed by atoms with Crippen molar-refractivity contribution in [1.29, 1.82) is 0 Å². The second-order valence-electron chi connectivity index (χ2n) is 19.6. The molecule has 2 heterocycles. The Labute approximate surface area is 331 Å². The second kappa shape index (κ2) is 14.3. The van der Waals surface area contributed by atoms with Crippen LogP contribution in [0.3, 0.4) is 0 Å². The highest BCUT2D eigenvalue weighted by atomic mass is 32.2. The van der Waals surface area contributed by atoms with E-state index in [0.29, 0.717) is 19.4 Å². The molecule has 0 radical (unpaired) electrons. The van der Waals surface area contributed by atoms with Crippen molar-refractivity contribution in [3.63, 3.8) is 0 Å². The number of hydrogen-bond donors (Lipinski definition) is 3. The number of Topliss-reactive ketones (excluding diaryl/α,β-unsaturated/α-hetero) is 1. The van der Waals surface area contributed by atoms with E-state index in [2.05, 4.69) is 45.8 Å². The van der Waals surface area contributed by atoms with E-state index in [-0.39, 0.29) is 63.6 Å². The monoisotopic (exact) mass is 792 g/mol. The number of aromatic nitrogens is 2. The average molecular weight is 793 g/mol. The molecule has 1 aromatic heterocycles. The second-order valence-corrected chi connectivity index (χ2v) is 21.3. The number of rotatable bonds is 14. The molecule has 3 N–H and O–H groups in total. The fraction of sp³-hybridized carbons (Fsp3) is 0.738. The Kier molecular flexibility index (Phi) is 10.3. The SMILES string of the molecule is C=C[C@@H]1C[C@]1(CC(=O)[C@@H]1C[C@@]2(CN1C(=O)[C@@H](NC(=O)C(NC(=O)c1cnccn1)C1CCCCC1)C(C)(C)C)C(C)(C)C21CCC1)C(=O)NS(=O)(=O)CC1CC1. The molecule has 14 heteroatoms. The molecule has 0 bridgehead atoms. The van der Waals surface area contributed by atoms with Gasteiger partial charge >= 0.3 is 0 Å². The van der Waals surface area contributed by atoms with Crippen LogP contribution in [0, 0.1) is 44.8 Å². The lowest BCUT2D eigenvalue weighted by Gasteiger charge is -2.38. The molecule has 56 heavy (non-hydrogen) atoms. The van der Waals surface area contributed by atoms with Gasteiger partial charge in [0, 0.05) is 30.8 Å². The minimum Gasteiger partial charge on any atom is -0.342 e. The normalized spacial score (nSPS) is 30.1. The van der Waals surface area contributed by atoms with Crippen LogP contribution in [-0.4, -0.2) is 83.1 Å². The first kappa shape index (κ1) is 40.5. The highest BCUT2D eigenvalue weighted by molar-refractivity contribution is 7.90. The number of hydrogen-bond acceptors (Lipinski definition) is 9. The Balaban J connectivity index is 1.16. The number of likely N-dealkylation sites (tertiary alicyclic amines) is 1. The van der Waals surface area contributed by atoms with E-state index in [4.69, 9.17) is 0 Å². The summed E-state index contributed by atoms with van der Waals surface area (Å²) in [7, 11) is -3.87. The van der Waals surface area contributed by atoms with Gasteiger partial charge in [-0.2, -0.15) is 0 Å². The summed E-state index contributed by atoms with van der Waals surface area (Å²) in [6, 6.07) is -2.80. The van der Waals surface area contributed by atoms with Crippen LogP contribution >= 0.6 is 0 Å². The van der Waals surface area contributed by atoms with E-state index in [0.717, 1.165) is 64.2 Å². The zero-order chi connectivity index (χ0) is 40.5. The smallest absolute Gasteiger partial charge is 0.272 e. The van der Waals surface area contributed by atoms with Crippen molar-refractivity contribution in [2.24, 2.45) is 44.8 Å². The van der Waals surface area contributed by atoms with Gasteiger partial charge in [0.2, 0.25) is 27.7 Å². The van der Waals surface area contributed by atoms with E-state index in [9.17, 15) is 27.6 Å². The van der Waals surface area contributed by atoms with Crippen molar-refractivity contribution in [3.8, 4) is 0 Å². The summed E-state index contributed by atoms with van der Waals surface area (Å²) in [5.41, 5.74) is -2.37. The number of carbonyl (C=O) groups is 5. The third-order valence-corrected chi connectivity index (χ3v) is 16.5. The molecule has 6 fully saturated rings. The maximum Gasteiger partial charge on any atom is 0.272 e. The van der Waals surface area contributed by atoms with Gasteiger partial charge in [-0.25, -0.2) is 13.4 Å². The summed E-state index contributed by atoms with van der Waals surface area (Å²) in [6.07, 6.45) is 15.5. The van der Waals surface area contributed by atoms with Gasteiger partial charge in [0.25, 0.3) is 5.91 Å². The van der Waals surface area contributed by atoms with Gasteiger partial charge in [-0.05, 0) is 85.4 Å². The molecule has 4 amide bonds. The number of carbonyl (C=O) groups excluding carboxylic acids is 5. The van der Waals surface area contributed by atoms with E-state index in [1.807, 2.05) is 20.8 Å². The lowest BCUT2D eigenvalue weighted by atomic mass is 9.73. The largest absolute Gasteiger partial charge is 0.342 e. The van der Waals surface area contributed by atoms with Crippen LogP contribution in [0.2, 0.25) is 0 Å². The summed E-state index contributed by atoms with van der Waals surface area (Å²) in [5.74, 6) is -2.88. The molecule has 13 nitrogen and oxygen atoms in total. The predicted molar refractivity (Wildman–Crippen MR) is 209 cm³/mol. The number of fused-ring (bicyclic) bond motifs is 1. The molecular weight excluding hydrogens is 733 g/mol. The quantitative estimate of drug-likeness (QED) is 0.229. The van der Waals surface area contributed by atoms with Crippen molar-refractivity contribution in [3.05, 3.63) is 36.9 Å². The van der Waals surface area contributed by atoms with Gasteiger partial charge in [-0.3, -0.25) is 33.7 Å². The topological polar surface area (TPSA) is 185 Å². The van der Waals surface area contributed by atoms with Gasteiger partial charge < -0.3 is 15.5 Å². The molecule has 0 aromatic carbocycles. The number of nitrogens with one attached hydrogen (secondary N) is 3. The van der Waals surface area contributed by atoms with Gasteiger partial charge in [-0.1, -0.05) is 66.4 Å². The molecule has 2 spiro atoms.